The second kappa shape index (κ2) is 3.20. The van der Waals surface area contributed by atoms with Gasteiger partial charge in [0.2, 0.25) is 0 Å². The zero-order valence-electron chi connectivity index (χ0n) is 7.66. The number of aromatic nitrogens is 2. The van der Waals surface area contributed by atoms with Crippen molar-refractivity contribution in [1.29, 1.82) is 0 Å². The predicted octanol–water partition coefficient (Wildman–Crippen LogP) is 0.616. The third-order valence-electron chi connectivity index (χ3n) is 2.41. The first-order chi connectivity index (χ1) is 6.25. The SMILES string of the molecule is CC1CCN(c2cc(=O)[nH]cn2)C1. The zero-order valence-corrected chi connectivity index (χ0v) is 7.66. The van der Waals surface area contributed by atoms with Gasteiger partial charge < -0.3 is 9.88 Å². The highest BCUT2D eigenvalue weighted by Gasteiger charge is 2.19. The fourth-order valence-electron chi connectivity index (χ4n) is 1.67. The minimum absolute atomic E-state index is 0.0791. The van der Waals surface area contributed by atoms with Crippen molar-refractivity contribution in [3.63, 3.8) is 0 Å². The molecule has 0 aromatic carbocycles. The number of anilines is 1. The van der Waals surface area contributed by atoms with Gasteiger partial charge in [-0.15, -0.1) is 0 Å². The van der Waals surface area contributed by atoms with E-state index in [1.165, 1.54) is 12.7 Å². The van der Waals surface area contributed by atoms with E-state index in [0.29, 0.717) is 5.92 Å². The number of rotatable bonds is 1. The van der Waals surface area contributed by atoms with Gasteiger partial charge in [-0.3, -0.25) is 4.79 Å². The molecule has 70 valence electrons. The summed E-state index contributed by atoms with van der Waals surface area (Å²) in [6.45, 7) is 4.24. The molecule has 1 atom stereocenters. The molecule has 13 heavy (non-hydrogen) atoms. The largest absolute Gasteiger partial charge is 0.356 e. The highest BCUT2D eigenvalue weighted by molar-refractivity contribution is 5.37. The average Bonchev–Trinajstić information content (AvgIpc) is 2.52. The molecule has 0 saturated carbocycles. The number of nitrogens with zero attached hydrogens (tertiary/aromatic N) is 2. The van der Waals surface area contributed by atoms with Crippen LogP contribution in [-0.4, -0.2) is 23.1 Å². The molecule has 0 spiro atoms. The molecule has 4 nitrogen and oxygen atoms in total. The summed E-state index contributed by atoms with van der Waals surface area (Å²) in [6, 6.07) is 1.55. The van der Waals surface area contributed by atoms with E-state index in [9.17, 15) is 4.79 Å². The average molecular weight is 179 g/mol. The summed E-state index contributed by atoms with van der Waals surface area (Å²) in [5.41, 5.74) is -0.0791. The van der Waals surface area contributed by atoms with Crippen molar-refractivity contribution >= 4 is 5.82 Å². The van der Waals surface area contributed by atoms with E-state index in [1.807, 2.05) is 0 Å². The predicted molar refractivity (Wildman–Crippen MR) is 50.9 cm³/mol. The third-order valence-corrected chi connectivity index (χ3v) is 2.41. The van der Waals surface area contributed by atoms with E-state index in [0.717, 1.165) is 18.9 Å². The van der Waals surface area contributed by atoms with E-state index in [1.54, 1.807) is 6.07 Å². The molecular weight excluding hydrogens is 166 g/mol. The van der Waals surface area contributed by atoms with Crippen molar-refractivity contribution in [2.45, 2.75) is 13.3 Å². The first-order valence-corrected chi connectivity index (χ1v) is 4.55. The molecule has 2 heterocycles. The molecule has 0 aliphatic carbocycles. The van der Waals surface area contributed by atoms with Crippen LogP contribution >= 0.6 is 0 Å². The molecule has 2 rings (SSSR count). The second-order valence-electron chi connectivity index (χ2n) is 3.61. The Hall–Kier alpha value is -1.32. The van der Waals surface area contributed by atoms with E-state index >= 15 is 0 Å². The lowest BCUT2D eigenvalue weighted by Gasteiger charge is -2.15. The molecule has 1 aliphatic rings. The Morgan fingerprint density at radius 1 is 1.69 bits per heavy atom. The van der Waals surface area contributed by atoms with Crippen LogP contribution in [0.15, 0.2) is 17.2 Å². The van der Waals surface area contributed by atoms with Crippen molar-refractivity contribution in [3.05, 3.63) is 22.7 Å². The van der Waals surface area contributed by atoms with Crippen LogP contribution in [0.1, 0.15) is 13.3 Å². The van der Waals surface area contributed by atoms with Gasteiger partial charge in [0.1, 0.15) is 5.82 Å². The van der Waals surface area contributed by atoms with Crippen molar-refractivity contribution in [3.8, 4) is 0 Å². The van der Waals surface area contributed by atoms with Crippen molar-refractivity contribution in [1.82, 2.24) is 9.97 Å². The maximum atomic E-state index is 11.0. The molecule has 1 N–H and O–H groups in total. The van der Waals surface area contributed by atoms with E-state index < -0.39 is 0 Å². The number of nitrogens with one attached hydrogen (secondary N) is 1. The molecule has 1 aliphatic heterocycles. The number of hydrogen-bond acceptors (Lipinski definition) is 3. The first kappa shape index (κ1) is 8.29. The summed E-state index contributed by atoms with van der Waals surface area (Å²) < 4.78 is 0. The Bertz CT molecular complexity index is 347. The van der Waals surface area contributed by atoms with Gasteiger partial charge in [-0.2, -0.15) is 0 Å². The van der Waals surface area contributed by atoms with Crippen LogP contribution < -0.4 is 10.5 Å². The molecule has 1 unspecified atom stereocenters. The standard InChI is InChI=1S/C9H13N3O/c1-7-2-3-12(5-7)8-4-9(13)11-6-10-8/h4,6-7H,2-3,5H2,1H3,(H,10,11,13). The molecule has 4 heteroatoms. The van der Waals surface area contributed by atoms with Crippen LogP contribution in [0.3, 0.4) is 0 Å². The molecule has 1 fully saturated rings. The molecule has 1 saturated heterocycles. The highest BCUT2D eigenvalue weighted by Crippen LogP contribution is 2.19. The first-order valence-electron chi connectivity index (χ1n) is 4.55. The number of hydrogen-bond donors (Lipinski definition) is 1. The van der Waals surface area contributed by atoms with Gasteiger partial charge in [0.25, 0.3) is 5.56 Å². The van der Waals surface area contributed by atoms with E-state index in [-0.39, 0.29) is 5.56 Å². The van der Waals surface area contributed by atoms with Crippen LogP contribution in [0, 0.1) is 5.92 Å². The van der Waals surface area contributed by atoms with Crippen LogP contribution in [0.5, 0.6) is 0 Å². The van der Waals surface area contributed by atoms with Crippen molar-refractivity contribution in [2.75, 3.05) is 18.0 Å². The normalized spacial score (nSPS) is 22.2. The summed E-state index contributed by atoms with van der Waals surface area (Å²) in [5.74, 6) is 1.51. The smallest absolute Gasteiger partial charge is 0.252 e. The molecular formula is C9H13N3O. The third kappa shape index (κ3) is 1.71. The van der Waals surface area contributed by atoms with Crippen molar-refractivity contribution < 1.29 is 0 Å². The van der Waals surface area contributed by atoms with Gasteiger partial charge >= 0.3 is 0 Å². The zero-order chi connectivity index (χ0) is 9.26. The highest BCUT2D eigenvalue weighted by atomic mass is 16.1. The monoisotopic (exact) mass is 179 g/mol. The minimum Gasteiger partial charge on any atom is -0.356 e. The lowest BCUT2D eigenvalue weighted by Crippen LogP contribution is -2.22. The van der Waals surface area contributed by atoms with Gasteiger partial charge in [0.15, 0.2) is 0 Å². The molecule has 0 radical (unpaired) electrons. The van der Waals surface area contributed by atoms with E-state index in [4.69, 9.17) is 0 Å². The van der Waals surface area contributed by atoms with Gasteiger partial charge in [-0.1, -0.05) is 6.92 Å². The topological polar surface area (TPSA) is 49.0 Å². The van der Waals surface area contributed by atoms with Crippen LogP contribution in [0.4, 0.5) is 5.82 Å². The Balaban J connectivity index is 2.21. The quantitative estimate of drug-likeness (QED) is 0.687. The summed E-state index contributed by atoms with van der Waals surface area (Å²) in [4.78, 5) is 19.8. The minimum atomic E-state index is -0.0791. The fourth-order valence-corrected chi connectivity index (χ4v) is 1.67. The molecule has 1 aromatic rings. The van der Waals surface area contributed by atoms with Gasteiger partial charge in [0.05, 0.1) is 6.33 Å². The lowest BCUT2D eigenvalue weighted by molar-refractivity contribution is 0.658. The van der Waals surface area contributed by atoms with Crippen LogP contribution in [-0.2, 0) is 0 Å². The van der Waals surface area contributed by atoms with E-state index in [2.05, 4.69) is 21.8 Å². The fraction of sp³-hybridized carbons (Fsp3) is 0.556. The van der Waals surface area contributed by atoms with Gasteiger partial charge in [0, 0.05) is 19.2 Å². The second-order valence-corrected chi connectivity index (χ2v) is 3.61. The summed E-state index contributed by atoms with van der Waals surface area (Å²) in [5, 5.41) is 0. The summed E-state index contributed by atoms with van der Waals surface area (Å²) >= 11 is 0. The molecule has 1 aromatic heterocycles. The van der Waals surface area contributed by atoms with Crippen molar-refractivity contribution in [2.24, 2.45) is 5.92 Å². The molecule has 0 amide bonds. The lowest BCUT2D eigenvalue weighted by atomic mass is 10.2. The Labute approximate surface area is 76.6 Å². The maximum absolute atomic E-state index is 11.0. The molecule has 0 bridgehead atoms. The maximum Gasteiger partial charge on any atom is 0.252 e. The number of H-pyrrole nitrogens is 1. The van der Waals surface area contributed by atoms with Gasteiger partial charge in [-0.25, -0.2) is 4.98 Å². The van der Waals surface area contributed by atoms with Gasteiger partial charge in [-0.05, 0) is 12.3 Å². The Kier molecular flexibility index (Phi) is 2.04. The van der Waals surface area contributed by atoms with Crippen LogP contribution in [0.2, 0.25) is 0 Å². The number of aromatic amines is 1. The van der Waals surface area contributed by atoms with Crippen LogP contribution in [0.25, 0.3) is 0 Å². The summed E-state index contributed by atoms with van der Waals surface area (Å²) in [6.07, 6.45) is 2.65. The Morgan fingerprint density at radius 3 is 3.15 bits per heavy atom. The summed E-state index contributed by atoms with van der Waals surface area (Å²) in [7, 11) is 0. The Morgan fingerprint density at radius 2 is 2.54 bits per heavy atom.